The van der Waals surface area contributed by atoms with Crippen LogP contribution in [0.2, 0.25) is 0 Å². The van der Waals surface area contributed by atoms with Crippen molar-refractivity contribution < 1.29 is 14.6 Å². The normalized spacial score (nSPS) is 9.93. The molecule has 1 rings (SSSR count). The second-order valence-corrected chi connectivity index (χ2v) is 3.14. The second kappa shape index (κ2) is 6.03. The van der Waals surface area contributed by atoms with E-state index in [0.717, 1.165) is 6.42 Å². The van der Waals surface area contributed by atoms with Gasteiger partial charge >= 0.3 is 0 Å². The monoisotopic (exact) mass is 209 g/mol. The molecule has 0 aliphatic rings. The first kappa shape index (κ1) is 11.5. The minimum Gasteiger partial charge on any atom is -0.493 e. The van der Waals surface area contributed by atoms with Crippen molar-refractivity contribution in [1.29, 1.82) is 0 Å². The molecule has 0 aliphatic heterocycles. The molecule has 3 N–H and O–H groups in total. The molecule has 0 spiro atoms. The van der Waals surface area contributed by atoms with Crippen molar-refractivity contribution in [3.05, 3.63) is 29.8 Å². The van der Waals surface area contributed by atoms with E-state index >= 15 is 0 Å². The molecule has 82 valence electrons. The van der Waals surface area contributed by atoms with Crippen LogP contribution in [-0.4, -0.2) is 24.2 Å². The topological polar surface area (TPSA) is 72.6 Å². The van der Waals surface area contributed by atoms with E-state index in [2.05, 4.69) is 0 Å². The van der Waals surface area contributed by atoms with E-state index in [4.69, 9.17) is 15.6 Å². The summed E-state index contributed by atoms with van der Waals surface area (Å²) in [5.74, 6) is 0.00991. The zero-order valence-electron chi connectivity index (χ0n) is 8.48. The lowest BCUT2D eigenvalue weighted by Gasteiger charge is -2.08. The first-order valence-electron chi connectivity index (χ1n) is 4.88. The van der Waals surface area contributed by atoms with Crippen LogP contribution in [0, 0.1) is 0 Å². The van der Waals surface area contributed by atoms with Gasteiger partial charge in [-0.3, -0.25) is 4.79 Å². The van der Waals surface area contributed by atoms with Crippen LogP contribution in [0.25, 0.3) is 0 Å². The summed E-state index contributed by atoms with van der Waals surface area (Å²) in [6.45, 7) is 0.631. The summed E-state index contributed by atoms with van der Waals surface area (Å²) < 4.78 is 5.39. The van der Waals surface area contributed by atoms with Gasteiger partial charge in [0.25, 0.3) is 5.91 Å². The SMILES string of the molecule is NC(=O)c1ccccc1OCCCCO. The minimum atomic E-state index is -0.493. The summed E-state index contributed by atoms with van der Waals surface area (Å²) in [5.41, 5.74) is 5.58. The van der Waals surface area contributed by atoms with E-state index in [1.807, 2.05) is 0 Å². The van der Waals surface area contributed by atoms with Crippen LogP contribution in [0.3, 0.4) is 0 Å². The average Bonchev–Trinajstić information content (AvgIpc) is 2.25. The number of hydrogen-bond donors (Lipinski definition) is 2. The van der Waals surface area contributed by atoms with Crippen LogP contribution >= 0.6 is 0 Å². The number of aliphatic hydroxyl groups is 1. The van der Waals surface area contributed by atoms with Gasteiger partial charge in [-0.25, -0.2) is 0 Å². The Morgan fingerprint density at radius 2 is 2.07 bits per heavy atom. The number of para-hydroxylation sites is 1. The third-order valence-corrected chi connectivity index (χ3v) is 1.96. The zero-order valence-corrected chi connectivity index (χ0v) is 8.48. The number of rotatable bonds is 6. The molecule has 0 fully saturated rings. The predicted octanol–water partition coefficient (Wildman–Crippen LogP) is 0.937. The molecule has 1 aromatic carbocycles. The van der Waals surface area contributed by atoms with Crippen LogP contribution in [0.4, 0.5) is 0 Å². The maximum absolute atomic E-state index is 11.0. The van der Waals surface area contributed by atoms with Crippen molar-refractivity contribution in [2.75, 3.05) is 13.2 Å². The lowest BCUT2D eigenvalue weighted by atomic mass is 10.2. The number of nitrogens with two attached hydrogens (primary N) is 1. The lowest BCUT2D eigenvalue weighted by Crippen LogP contribution is -2.13. The van der Waals surface area contributed by atoms with Gasteiger partial charge in [-0.1, -0.05) is 12.1 Å². The van der Waals surface area contributed by atoms with E-state index in [-0.39, 0.29) is 6.61 Å². The number of carbonyl (C=O) groups excluding carboxylic acids is 1. The molecule has 0 atom stereocenters. The summed E-state index contributed by atoms with van der Waals surface area (Å²) in [6.07, 6.45) is 1.45. The van der Waals surface area contributed by atoms with Crippen molar-refractivity contribution in [1.82, 2.24) is 0 Å². The molecule has 15 heavy (non-hydrogen) atoms. The lowest BCUT2D eigenvalue weighted by molar-refractivity contribution is 0.0996. The van der Waals surface area contributed by atoms with E-state index in [1.54, 1.807) is 24.3 Å². The summed E-state index contributed by atoms with van der Waals surface area (Å²) in [4.78, 5) is 11.0. The number of benzene rings is 1. The fourth-order valence-corrected chi connectivity index (χ4v) is 1.19. The van der Waals surface area contributed by atoms with Gasteiger partial charge in [0.15, 0.2) is 0 Å². The Balaban J connectivity index is 2.56. The quantitative estimate of drug-likeness (QED) is 0.685. The third-order valence-electron chi connectivity index (χ3n) is 1.96. The summed E-state index contributed by atoms with van der Waals surface area (Å²) in [6, 6.07) is 6.86. The van der Waals surface area contributed by atoms with E-state index in [1.165, 1.54) is 0 Å². The standard InChI is InChI=1S/C11H15NO3/c12-11(14)9-5-1-2-6-10(9)15-8-4-3-7-13/h1-2,5-6,13H,3-4,7-8H2,(H2,12,14). The maximum atomic E-state index is 11.0. The largest absolute Gasteiger partial charge is 0.493 e. The predicted molar refractivity (Wildman–Crippen MR) is 56.8 cm³/mol. The molecule has 0 aliphatic carbocycles. The van der Waals surface area contributed by atoms with Crippen LogP contribution < -0.4 is 10.5 Å². The Bertz CT molecular complexity index is 325. The molecule has 0 aromatic heterocycles. The third kappa shape index (κ3) is 3.59. The molecule has 1 amide bonds. The van der Waals surface area contributed by atoms with E-state index < -0.39 is 5.91 Å². The number of carbonyl (C=O) groups is 1. The van der Waals surface area contributed by atoms with Crippen molar-refractivity contribution >= 4 is 5.91 Å². The number of hydrogen-bond acceptors (Lipinski definition) is 3. The van der Waals surface area contributed by atoms with Gasteiger partial charge in [0, 0.05) is 6.61 Å². The number of unbranched alkanes of at least 4 members (excludes halogenated alkanes) is 1. The number of amides is 1. The summed E-state index contributed by atoms with van der Waals surface area (Å²) >= 11 is 0. The number of aliphatic hydroxyl groups excluding tert-OH is 1. The highest BCUT2D eigenvalue weighted by Crippen LogP contribution is 2.17. The van der Waals surface area contributed by atoms with E-state index in [9.17, 15) is 4.79 Å². The molecule has 0 saturated heterocycles. The Morgan fingerprint density at radius 1 is 1.33 bits per heavy atom. The van der Waals surface area contributed by atoms with Crippen LogP contribution in [0.1, 0.15) is 23.2 Å². The Kier molecular flexibility index (Phi) is 4.63. The van der Waals surface area contributed by atoms with Crippen molar-refractivity contribution in [3.8, 4) is 5.75 Å². The molecule has 4 nitrogen and oxygen atoms in total. The molecular weight excluding hydrogens is 194 g/mol. The highest BCUT2D eigenvalue weighted by Gasteiger charge is 2.07. The fraction of sp³-hybridized carbons (Fsp3) is 0.364. The minimum absolute atomic E-state index is 0.154. The molecule has 4 heteroatoms. The van der Waals surface area contributed by atoms with Crippen LogP contribution in [-0.2, 0) is 0 Å². The Labute approximate surface area is 88.7 Å². The van der Waals surface area contributed by atoms with Gasteiger partial charge in [0.1, 0.15) is 5.75 Å². The molecule has 0 bridgehead atoms. The van der Waals surface area contributed by atoms with Crippen molar-refractivity contribution in [2.45, 2.75) is 12.8 Å². The highest BCUT2D eigenvalue weighted by atomic mass is 16.5. The summed E-state index contributed by atoms with van der Waals surface area (Å²) in [5, 5.41) is 8.58. The molecule has 0 radical (unpaired) electrons. The maximum Gasteiger partial charge on any atom is 0.252 e. The fourth-order valence-electron chi connectivity index (χ4n) is 1.19. The van der Waals surface area contributed by atoms with Crippen molar-refractivity contribution in [3.63, 3.8) is 0 Å². The summed E-state index contributed by atoms with van der Waals surface area (Å²) in [7, 11) is 0. The molecule has 1 aromatic rings. The molecule has 0 heterocycles. The van der Waals surface area contributed by atoms with Crippen LogP contribution in [0.5, 0.6) is 5.75 Å². The molecule has 0 unspecified atom stereocenters. The number of ether oxygens (including phenoxy) is 1. The first-order valence-corrected chi connectivity index (χ1v) is 4.88. The van der Waals surface area contributed by atoms with Gasteiger partial charge < -0.3 is 15.6 Å². The average molecular weight is 209 g/mol. The molecular formula is C11H15NO3. The first-order chi connectivity index (χ1) is 7.25. The van der Waals surface area contributed by atoms with Gasteiger partial charge in [0.05, 0.1) is 12.2 Å². The van der Waals surface area contributed by atoms with Gasteiger partial charge in [-0.15, -0.1) is 0 Å². The van der Waals surface area contributed by atoms with Gasteiger partial charge in [0.2, 0.25) is 0 Å². The van der Waals surface area contributed by atoms with Crippen molar-refractivity contribution in [2.24, 2.45) is 5.73 Å². The second-order valence-electron chi connectivity index (χ2n) is 3.14. The number of primary amides is 1. The van der Waals surface area contributed by atoms with Gasteiger partial charge in [-0.2, -0.15) is 0 Å². The molecule has 0 saturated carbocycles. The Morgan fingerprint density at radius 3 is 2.73 bits per heavy atom. The zero-order chi connectivity index (χ0) is 11.1. The smallest absolute Gasteiger partial charge is 0.252 e. The van der Waals surface area contributed by atoms with E-state index in [0.29, 0.717) is 24.3 Å². The van der Waals surface area contributed by atoms with Gasteiger partial charge in [-0.05, 0) is 25.0 Å². The highest BCUT2D eigenvalue weighted by molar-refractivity contribution is 5.95. The van der Waals surface area contributed by atoms with Crippen LogP contribution in [0.15, 0.2) is 24.3 Å². The Hall–Kier alpha value is -1.55.